The molecule has 0 bridgehead atoms. The van der Waals surface area contributed by atoms with Crippen LogP contribution in [0.1, 0.15) is 35.2 Å². The average Bonchev–Trinajstić information content (AvgIpc) is 2.41. The summed E-state index contributed by atoms with van der Waals surface area (Å²) < 4.78 is 38.5. The highest BCUT2D eigenvalue weighted by Crippen LogP contribution is 2.33. The molecule has 20 heavy (non-hydrogen) atoms. The summed E-state index contributed by atoms with van der Waals surface area (Å²) in [7, 11) is 1.70. The van der Waals surface area contributed by atoms with Crippen LogP contribution >= 0.6 is 0 Å². The summed E-state index contributed by atoms with van der Waals surface area (Å²) in [5.41, 5.74) is -0.839. The van der Waals surface area contributed by atoms with Crippen LogP contribution in [0, 0.1) is 0 Å². The van der Waals surface area contributed by atoms with Crippen molar-refractivity contribution in [3.8, 4) is 0 Å². The van der Waals surface area contributed by atoms with E-state index in [0.29, 0.717) is 18.7 Å². The number of benzene rings is 1. The maximum absolute atomic E-state index is 12.8. The molecule has 1 rings (SSSR count). The van der Waals surface area contributed by atoms with Crippen molar-refractivity contribution >= 4 is 12.0 Å². The lowest BCUT2D eigenvalue weighted by Gasteiger charge is -2.21. The minimum absolute atomic E-state index is 0.121. The van der Waals surface area contributed by atoms with E-state index in [4.69, 9.17) is 5.11 Å². The molecule has 0 amide bonds. The number of nitrogens with zero attached hydrogens (tertiary/aromatic N) is 1. The summed E-state index contributed by atoms with van der Waals surface area (Å²) in [5, 5.41) is 8.66. The van der Waals surface area contributed by atoms with Crippen molar-refractivity contribution in [2.45, 2.75) is 25.4 Å². The Kier molecular flexibility index (Phi) is 6.01. The normalized spacial score (nSPS) is 11.4. The molecule has 1 aromatic rings. The molecule has 0 spiro atoms. The number of rotatable bonds is 7. The summed E-state index contributed by atoms with van der Waals surface area (Å²) in [6.45, 7) is 0.716. The van der Waals surface area contributed by atoms with Crippen LogP contribution in [0.2, 0.25) is 0 Å². The summed E-state index contributed by atoms with van der Waals surface area (Å²) in [5.74, 6) is 0. The van der Waals surface area contributed by atoms with Gasteiger partial charge in [0, 0.05) is 31.5 Å². The van der Waals surface area contributed by atoms with Crippen LogP contribution in [0.5, 0.6) is 0 Å². The quantitative estimate of drug-likeness (QED) is 0.619. The van der Waals surface area contributed by atoms with Gasteiger partial charge in [0.15, 0.2) is 6.29 Å². The second kappa shape index (κ2) is 7.28. The Morgan fingerprint density at radius 1 is 1.25 bits per heavy atom. The van der Waals surface area contributed by atoms with Gasteiger partial charge in [0.1, 0.15) is 0 Å². The van der Waals surface area contributed by atoms with E-state index in [2.05, 4.69) is 0 Å². The van der Waals surface area contributed by atoms with Crippen LogP contribution in [0.4, 0.5) is 18.9 Å². The van der Waals surface area contributed by atoms with E-state index in [-0.39, 0.29) is 18.5 Å². The Morgan fingerprint density at radius 2 is 1.95 bits per heavy atom. The molecule has 0 aromatic heterocycles. The third-order valence-corrected chi connectivity index (χ3v) is 3.06. The minimum atomic E-state index is -4.54. The van der Waals surface area contributed by atoms with Crippen LogP contribution in [-0.2, 0) is 6.18 Å². The van der Waals surface area contributed by atoms with Gasteiger partial charge < -0.3 is 10.0 Å². The zero-order chi connectivity index (χ0) is 15.2. The number of aliphatic hydroxyl groups is 1. The smallest absolute Gasteiger partial charge is 0.396 e. The monoisotopic (exact) mass is 289 g/mol. The van der Waals surface area contributed by atoms with Gasteiger partial charge in [-0.05, 0) is 37.5 Å². The second-order valence-electron chi connectivity index (χ2n) is 4.59. The van der Waals surface area contributed by atoms with Crippen LogP contribution in [0.3, 0.4) is 0 Å². The van der Waals surface area contributed by atoms with Gasteiger partial charge in [-0.15, -0.1) is 0 Å². The van der Waals surface area contributed by atoms with Crippen LogP contribution in [0.25, 0.3) is 0 Å². The predicted molar refractivity (Wildman–Crippen MR) is 71.0 cm³/mol. The first-order chi connectivity index (χ1) is 9.40. The van der Waals surface area contributed by atoms with E-state index in [1.54, 1.807) is 11.9 Å². The lowest BCUT2D eigenvalue weighted by atomic mass is 10.1. The van der Waals surface area contributed by atoms with Crippen molar-refractivity contribution in [2.24, 2.45) is 0 Å². The summed E-state index contributed by atoms with van der Waals surface area (Å²) >= 11 is 0. The predicted octanol–water partition coefficient (Wildman–Crippen LogP) is 3.12. The van der Waals surface area contributed by atoms with E-state index in [9.17, 15) is 18.0 Å². The molecule has 0 aliphatic rings. The van der Waals surface area contributed by atoms with Crippen molar-refractivity contribution in [3.63, 3.8) is 0 Å². The van der Waals surface area contributed by atoms with Crippen molar-refractivity contribution in [1.82, 2.24) is 0 Å². The van der Waals surface area contributed by atoms with E-state index in [1.165, 1.54) is 12.1 Å². The van der Waals surface area contributed by atoms with Crippen molar-refractivity contribution < 1.29 is 23.1 Å². The number of aldehydes is 1. The first kappa shape index (κ1) is 16.5. The standard InChI is InChI=1S/C14H18F3NO2/c1-18(7-3-2-4-8-19)12-6-5-11(10-20)13(9-12)14(15,16)17/h5-6,9-10,19H,2-4,7-8H2,1H3. The van der Waals surface area contributed by atoms with Crippen LogP contribution in [0.15, 0.2) is 18.2 Å². The zero-order valence-corrected chi connectivity index (χ0v) is 11.3. The Morgan fingerprint density at radius 3 is 2.50 bits per heavy atom. The number of unbranched alkanes of at least 4 members (excludes halogenated alkanes) is 2. The second-order valence-corrected chi connectivity index (χ2v) is 4.59. The number of aliphatic hydroxyl groups excluding tert-OH is 1. The van der Waals surface area contributed by atoms with Gasteiger partial charge in [0.05, 0.1) is 5.56 Å². The molecular weight excluding hydrogens is 271 g/mol. The molecule has 0 atom stereocenters. The molecule has 0 fully saturated rings. The summed E-state index contributed by atoms with van der Waals surface area (Å²) in [6.07, 6.45) is -2.03. The molecule has 0 aliphatic heterocycles. The maximum atomic E-state index is 12.8. The van der Waals surface area contributed by atoms with Gasteiger partial charge in [-0.3, -0.25) is 4.79 Å². The van der Waals surface area contributed by atoms with Crippen LogP contribution < -0.4 is 4.90 Å². The van der Waals surface area contributed by atoms with E-state index in [0.717, 1.165) is 18.9 Å². The number of hydrogen-bond acceptors (Lipinski definition) is 3. The highest BCUT2D eigenvalue weighted by atomic mass is 19.4. The number of hydrogen-bond donors (Lipinski definition) is 1. The third kappa shape index (κ3) is 4.52. The number of alkyl halides is 3. The fraction of sp³-hybridized carbons (Fsp3) is 0.500. The molecular formula is C14H18F3NO2. The largest absolute Gasteiger partial charge is 0.417 e. The molecule has 3 nitrogen and oxygen atoms in total. The number of carbonyl (C=O) groups excluding carboxylic acids is 1. The molecule has 112 valence electrons. The number of halogens is 3. The van der Waals surface area contributed by atoms with E-state index in [1.807, 2.05) is 0 Å². The Bertz CT molecular complexity index is 447. The molecule has 0 aliphatic carbocycles. The lowest BCUT2D eigenvalue weighted by Crippen LogP contribution is -2.20. The number of anilines is 1. The van der Waals surface area contributed by atoms with Gasteiger partial charge in [-0.1, -0.05) is 0 Å². The maximum Gasteiger partial charge on any atom is 0.417 e. The number of carbonyl (C=O) groups is 1. The molecule has 6 heteroatoms. The molecule has 0 saturated carbocycles. The Labute approximate surface area is 116 Å². The highest BCUT2D eigenvalue weighted by molar-refractivity contribution is 5.79. The van der Waals surface area contributed by atoms with Crippen molar-refractivity contribution in [1.29, 1.82) is 0 Å². The lowest BCUT2D eigenvalue weighted by molar-refractivity contribution is -0.137. The van der Waals surface area contributed by atoms with E-state index >= 15 is 0 Å². The van der Waals surface area contributed by atoms with Crippen molar-refractivity contribution in [3.05, 3.63) is 29.3 Å². The van der Waals surface area contributed by atoms with Gasteiger partial charge in [-0.2, -0.15) is 13.2 Å². The van der Waals surface area contributed by atoms with Gasteiger partial charge in [0.25, 0.3) is 0 Å². The molecule has 0 radical (unpaired) electrons. The zero-order valence-electron chi connectivity index (χ0n) is 11.3. The highest BCUT2D eigenvalue weighted by Gasteiger charge is 2.33. The van der Waals surface area contributed by atoms with Gasteiger partial charge >= 0.3 is 6.18 Å². The fourth-order valence-electron chi connectivity index (χ4n) is 1.90. The van der Waals surface area contributed by atoms with Crippen LogP contribution in [-0.4, -0.2) is 31.6 Å². The topological polar surface area (TPSA) is 40.5 Å². The molecule has 1 N–H and O–H groups in total. The SMILES string of the molecule is CN(CCCCCO)c1ccc(C=O)c(C(F)(F)F)c1. The van der Waals surface area contributed by atoms with Gasteiger partial charge in [0.2, 0.25) is 0 Å². The molecule has 1 aromatic carbocycles. The Hall–Kier alpha value is -1.56. The van der Waals surface area contributed by atoms with Gasteiger partial charge in [-0.25, -0.2) is 0 Å². The molecule has 0 saturated heterocycles. The van der Waals surface area contributed by atoms with E-state index < -0.39 is 11.7 Å². The third-order valence-electron chi connectivity index (χ3n) is 3.06. The minimum Gasteiger partial charge on any atom is -0.396 e. The summed E-state index contributed by atoms with van der Waals surface area (Å²) in [6, 6.07) is 3.69. The average molecular weight is 289 g/mol. The molecule has 0 unspecified atom stereocenters. The molecule has 0 heterocycles. The first-order valence-corrected chi connectivity index (χ1v) is 6.38. The Balaban J connectivity index is 2.83. The summed E-state index contributed by atoms with van der Waals surface area (Å²) in [4.78, 5) is 12.4. The van der Waals surface area contributed by atoms with Crippen molar-refractivity contribution in [2.75, 3.05) is 25.1 Å². The fourth-order valence-corrected chi connectivity index (χ4v) is 1.90. The first-order valence-electron chi connectivity index (χ1n) is 6.38.